The molecule has 1 fully saturated rings. The highest BCUT2D eigenvalue weighted by Crippen LogP contribution is 2.46. The largest absolute Gasteiger partial charge is 0.469 e. The number of aliphatic hydroxyl groups is 2. The summed E-state index contributed by atoms with van der Waals surface area (Å²) in [5, 5.41) is 21.2. The van der Waals surface area contributed by atoms with E-state index in [9.17, 15) is 15.0 Å². The molecule has 2 N–H and O–H groups in total. The number of ether oxygens (including phenoxy) is 1. The smallest absolute Gasteiger partial charge is 0.311 e. The first kappa shape index (κ1) is 19.2. The van der Waals surface area contributed by atoms with E-state index in [1.54, 1.807) is 0 Å². The quantitative estimate of drug-likeness (QED) is 0.625. The zero-order valence-corrected chi connectivity index (χ0v) is 16.5. The summed E-state index contributed by atoms with van der Waals surface area (Å²) in [7, 11) is 1.37. The molecule has 3 atom stereocenters. The summed E-state index contributed by atoms with van der Waals surface area (Å²) in [4.78, 5) is 14.7. The number of methoxy groups -OCH3 is 1. The van der Waals surface area contributed by atoms with Gasteiger partial charge in [-0.25, -0.2) is 0 Å². The van der Waals surface area contributed by atoms with Gasteiger partial charge in [-0.15, -0.1) is 0 Å². The molecule has 6 heteroatoms. The summed E-state index contributed by atoms with van der Waals surface area (Å²) in [6.45, 7) is 3.42. The number of aliphatic hydroxyl groups excluding tert-OH is 2. The molecular weight excluding hydrogens is 356 g/mol. The lowest BCUT2D eigenvalue weighted by atomic mass is 9.75. The molecule has 6 nitrogen and oxygen atoms in total. The van der Waals surface area contributed by atoms with E-state index < -0.39 is 5.92 Å². The first-order valence-corrected chi connectivity index (χ1v) is 9.93. The van der Waals surface area contributed by atoms with Crippen LogP contribution in [0, 0.1) is 11.8 Å². The maximum absolute atomic E-state index is 12.3. The van der Waals surface area contributed by atoms with Crippen molar-refractivity contribution in [2.75, 3.05) is 26.8 Å². The fourth-order valence-corrected chi connectivity index (χ4v) is 5.21. The third-order valence-corrected chi connectivity index (χ3v) is 6.56. The molecule has 2 aliphatic rings. The van der Waals surface area contributed by atoms with Crippen LogP contribution in [0.5, 0.6) is 0 Å². The summed E-state index contributed by atoms with van der Waals surface area (Å²) >= 11 is 0. The fourth-order valence-electron chi connectivity index (χ4n) is 5.21. The molecule has 2 aromatic rings. The number of esters is 1. The molecule has 0 amide bonds. The third kappa shape index (κ3) is 2.87. The van der Waals surface area contributed by atoms with E-state index in [1.165, 1.54) is 23.6 Å². The van der Waals surface area contributed by atoms with Crippen LogP contribution < -0.4 is 0 Å². The normalized spacial score (nSPS) is 24.8. The van der Waals surface area contributed by atoms with Crippen molar-refractivity contribution in [2.24, 2.45) is 11.8 Å². The zero-order chi connectivity index (χ0) is 19.8. The Hall–Kier alpha value is -2.15. The Bertz CT molecular complexity index is 884. The van der Waals surface area contributed by atoms with Gasteiger partial charge in [-0.05, 0) is 37.3 Å². The molecule has 4 rings (SSSR count). The lowest BCUT2D eigenvalue weighted by Gasteiger charge is -2.45. The number of allylic oxidation sites excluding steroid dienone is 1. The van der Waals surface area contributed by atoms with Crippen LogP contribution in [-0.2, 0) is 22.7 Å². The van der Waals surface area contributed by atoms with Crippen LogP contribution in [-0.4, -0.2) is 52.5 Å². The molecule has 0 bridgehead atoms. The van der Waals surface area contributed by atoms with Gasteiger partial charge in [0.25, 0.3) is 0 Å². The average Bonchev–Trinajstić information content (AvgIpc) is 3.07. The summed E-state index contributed by atoms with van der Waals surface area (Å²) in [5.41, 5.74) is 4.68. The monoisotopic (exact) mass is 384 g/mol. The second-order valence-corrected chi connectivity index (χ2v) is 7.70. The van der Waals surface area contributed by atoms with Crippen LogP contribution in [0.25, 0.3) is 10.9 Å². The summed E-state index contributed by atoms with van der Waals surface area (Å²) in [6.07, 6.45) is 3.74. The van der Waals surface area contributed by atoms with E-state index in [0.717, 1.165) is 37.1 Å². The molecule has 0 radical (unpaired) electrons. The standard InChI is InChI=1S/C22H28N2O4/c1-3-14-11-23-9-8-16-15-6-4-5-7-19(15)24(13-26)21(16)20(23)10-17(14)18(12-25)22(27)28-2/h3-7,17-18,20,25-26H,8-13H2,1-2H3/t17-,18+,20-/m0/s1. The van der Waals surface area contributed by atoms with E-state index in [-0.39, 0.29) is 31.3 Å². The van der Waals surface area contributed by atoms with Crippen molar-refractivity contribution in [2.45, 2.75) is 32.5 Å². The van der Waals surface area contributed by atoms with E-state index >= 15 is 0 Å². The first-order chi connectivity index (χ1) is 13.6. The van der Waals surface area contributed by atoms with Crippen molar-refractivity contribution < 1.29 is 19.7 Å². The molecule has 3 heterocycles. The number of carbonyl (C=O) groups excluding carboxylic acids is 1. The lowest BCUT2D eigenvalue weighted by Crippen LogP contribution is -2.46. The minimum absolute atomic E-state index is 0.0677. The topological polar surface area (TPSA) is 74.9 Å². The number of fused-ring (bicyclic) bond motifs is 5. The van der Waals surface area contributed by atoms with E-state index in [2.05, 4.69) is 23.1 Å². The number of aromatic nitrogens is 1. The Morgan fingerprint density at radius 3 is 2.82 bits per heavy atom. The first-order valence-electron chi connectivity index (χ1n) is 9.93. The minimum Gasteiger partial charge on any atom is -0.469 e. The van der Waals surface area contributed by atoms with Gasteiger partial charge in [0, 0.05) is 24.2 Å². The van der Waals surface area contributed by atoms with Crippen LogP contribution in [0.15, 0.2) is 35.9 Å². The molecule has 0 saturated carbocycles. The van der Waals surface area contributed by atoms with Crippen LogP contribution >= 0.6 is 0 Å². The molecule has 2 aliphatic heterocycles. The number of rotatable bonds is 4. The lowest BCUT2D eigenvalue weighted by molar-refractivity contribution is -0.149. The maximum atomic E-state index is 12.3. The predicted molar refractivity (Wildman–Crippen MR) is 107 cm³/mol. The maximum Gasteiger partial charge on any atom is 0.311 e. The van der Waals surface area contributed by atoms with Crippen LogP contribution in [0.2, 0.25) is 0 Å². The average molecular weight is 384 g/mol. The van der Waals surface area contributed by atoms with Crippen LogP contribution in [0.4, 0.5) is 0 Å². The minimum atomic E-state index is -0.560. The highest BCUT2D eigenvalue weighted by Gasteiger charge is 2.43. The Morgan fingerprint density at radius 1 is 1.36 bits per heavy atom. The summed E-state index contributed by atoms with van der Waals surface area (Å²) in [6, 6.07) is 8.32. The van der Waals surface area contributed by atoms with Crippen molar-refractivity contribution in [1.82, 2.24) is 9.47 Å². The molecule has 1 saturated heterocycles. The second kappa shape index (κ2) is 7.70. The Labute approximate surface area is 165 Å². The molecule has 1 aromatic heterocycles. The van der Waals surface area contributed by atoms with Gasteiger partial charge in [0.2, 0.25) is 0 Å². The van der Waals surface area contributed by atoms with E-state index in [1.807, 2.05) is 23.6 Å². The number of para-hydroxylation sites is 1. The molecule has 0 aliphatic carbocycles. The number of piperidine rings is 1. The Kier molecular flexibility index (Phi) is 5.27. The van der Waals surface area contributed by atoms with Gasteiger partial charge in [-0.2, -0.15) is 0 Å². The zero-order valence-electron chi connectivity index (χ0n) is 16.5. The molecule has 28 heavy (non-hydrogen) atoms. The fraction of sp³-hybridized carbons (Fsp3) is 0.500. The van der Waals surface area contributed by atoms with Gasteiger partial charge in [-0.3, -0.25) is 9.69 Å². The van der Waals surface area contributed by atoms with Gasteiger partial charge in [0.05, 0.1) is 31.2 Å². The van der Waals surface area contributed by atoms with Crippen molar-refractivity contribution in [3.8, 4) is 0 Å². The third-order valence-electron chi connectivity index (χ3n) is 6.56. The molecular formula is C22H28N2O4. The second-order valence-electron chi connectivity index (χ2n) is 7.70. The summed E-state index contributed by atoms with van der Waals surface area (Å²) in [5.74, 6) is -0.991. The molecule has 150 valence electrons. The van der Waals surface area contributed by atoms with Gasteiger partial charge < -0.3 is 19.5 Å². The summed E-state index contributed by atoms with van der Waals surface area (Å²) < 4.78 is 6.97. The van der Waals surface area contributed by atoms with Crippen molar-refractivity contribution >= 4 is 16.9 Å². The SMILES string of the molecule is CC=C1CN2CCc3c(n(CO)c4ccccc34)[C@@H]2C[C@@H]1[C@@H](CO)C(=O)OC. The van der Waals surface area contributed by atoms with Gasteiger partial charge >= 0.3 is 5.97 Å². The van der Waals surface area contributed by atoms with Gasteiger partial charge in [-0.1, -0.05) is 29.8 Å². The van der Waals surface area contributed by atoms with Gasteiger partial charge in [0.1, 0.15) is 6.73 Å². The predicted octanol–water partition coefficient (Wildman–Crippen LogP) is 2.24. The Morgan fingerprint density at radius 2 is 2.14 bits per heavy atom. The van der Waals surface area contributed by atoms with Crippen molar-refractivity contribution in [1.29, 1.82) is 0 Å². The molecule has 1 aromatic carbocycles. The van der Waals surface area contributed by atoms with E-state index in [4.69, 9.17) is 4.74 Å². The highest BCUT2D eigenvalue weighted by atomic mass is 16.5. The number of nitrogens with zero attached hydrogens (tertiary/aromatic N) is 2. The highest BCUT2D eigenvalue weighted by molar-refractivity contribution is 5.86. The van der Waals surface area contributed by atoms with Crippen LogP contribution in [0.1, 0.15) is 30.6 Å². The van der Waals surface area contributed by atoms with Gasteiger partial charge in [0.15, 0.2) is 0 Å². The number of hydrogen-bond donors (Lipinski definition) is 2. The molecule has 0 unspecified atom stereocenters. The van der Waals surface area contributed by atoms with Crippen LogP contribution in [0.3, 0.4) is 0 Å². The van der Waals surface area contributed by atoms with Crippen molar-refractivity contribution in [3.63, 3.8) is 0 Å². The van der Waals surface area contributed by atoms with E-state index in [0.29, 0.717) is 0 Å². The number of hydrogen-bond acceptors (Lipinski definition) is 5. The number of benzene rings is 1. The Balaban J connectivity index is 1.80. The number of carbonyl (C=O) groups is 1. The van der Waals surface area contributed by atoms with Crippen molar-refractivity contribution in [3.05, 3.63) is 47.2 Å². The molecule has 0 spiro atoms.